The Morgan fingerprint density at radius 2 is 2.13 bits per heavy atom. The van der Waals surface area contributed by atoms with Gasteiger partial charge in [0.25, 0.3) is 5.91 Å². The second kappa shape index (κ2) is 7.09. The highest BCUT2D eigenvalue weighted by molar-refractivity contribution is 6.03. The van der Waals surface area contributed by atoms with E-state index in [2.05, 4.69) is 21.8 Å². The summed E-state index contributed by atoms with van der Waals surface area (Å²) in [7, 11) is 0. The zero-order chi connectivity index (χ0) is 20.9. The molecule has 2 amide bonds. The quantitative estimate of drug-likeness (QED) is 0.587. The van der Waals surface area contributed by atoms with Crippen LogP contribution in [0.2, 0.25) is 0 Å². The van der Waals surface area contributed by atoms with Gasteiger partial charge in [-0.3, -0.25) is 14.4 Å². The second-order valence-corrected chi connectivity index (χ2v) is 8.64. The topological polar surface area (TPSA) is 89.4 Å². The number of carbonyl (C=O) groups excluding carboxylic acids is 3. The number of benzene rings is 1. The predicted molar refractivity (Wildman–Crippen MR) is 111 cm³/mol. The lowest BCUT2D eigenvalue weighted by Gasteiger charge is -2.47. The molecule has 2 aromatic rings. The Kier molecular flexibility index (Phi) is 4.50. The Bertz CT molecular complexity index is 1070. The Hall–Kier alpha value is -2.93. The van der Waals surface area contributed by atoms with Gasteiger partial charge in [-0.2, -0.15) is 0 Å². The van der Waals surface area contributed by atoms with Crippen LogP contribution in [0.3, 0.4) is 0 Å². The molecule has 30 heavy (non-hydrogen) atoms. The predicted octanol–water partition coefficient (Wildman–Crippen LogP) is 2.15. The number of hydrogen-bond acceptors (Lipinski definition) is 4. The molecule has 2 atom stereocenters. The smallest absolute Gasteiger partial charge is 0.268 e. The van der Waals surface area contributed by atoms with Gasteiger partial charge in [-0.15, -0.1) is 0 Å². The Labute approximate surface area is 174 Å². The van der Waals surface area contributed by atoms with Crippen molar-refractivity contribution in [3.8, 4) is 0 Å². The van der Waals surface area contributed by atoms with Crippen LogP contribution in [0.4, 0.5) is 0 Å². The van der Waals surface area contributed by atoms with E-state index < -0.39 is 0 Å². The van der Waals surface area contributed by atoms with Crippen LogP contribution in [0, 0.1) is 5.92 Å². The molecule has 0 bridgehead atoms. The number of carbonyl (C=O) groups is 3. The standard InChI is InChI=1S/C23H25N3O4/c1-2-21(28)25-17-12-30-11-16(17)10-20(27)15-5-4-14-8-19-22(29)24-13-23(6-3-7-23)26(19)18(14)9-15/h2,4-5,8-9,16-17H,1,3,6-7,10-13H2,(H,24,29)(H,25,28). The lowest BCUT2D eigenvalue weighted by Crippen LogP contribution is -2.55. The number of nitrogens with zero attached hydrogens (tertiary/aromatic N) is 1. The highest BCUT2D eigenvalue weighted by atomic mass is 16.5. The normalized spacial score (nSPS) is 24.2. The maximum Gasteiger partial charge on any atom is 0.268 e. The van der Waals surface area contributed by atoms with Gasteiger partial charge in [-0.1, -0.05) is 18.7 Å². The van der Waals surface area contributed by atoms with E-state index in [9.17, 15) is 14.4 Å². The summed E-state index contributed by atoms with van der Waals surface area (Å²) in [5.74, 6) is -0.362. The van der Waals surface area contributed by atoms with Crippen LogP contribution >= 0.6 is 0 Å². The third-order valence-electron chi connectivity index (χ3n) is 6.85. The van der Waals surface area contributed by atoms with Crippen LogP contribution in [-0.2, 0) is 15.1 Å². The van der Waals surface area contributed by atoms with Gasteiger partial charge >= 0.3 is 0 Å². The highest BCUT2D eigenvalue weighted by Gasteiger charge is 2.44. The molecule has 7 heteroatoms. The number of amides is 2. The van der Waals surface area contributed by atoms with E-state index in [1.807, 2.05) is 24.3 Å². The molecule has 2 unspecified atom stereocenters. The van der Waals surface area contributed by atoms with E-state index in [0.29, 0.717) is 37.4 Å². The Morgan fingerprint density at radius 1 is 1.30 bits per heavy atom. The van der Waals surface area contributed by atoms with E-state index >= 15 is 0 Å². The van der Waals surface area contributed by atoms with E-state index in [1.54, 1.807) is 0 Å². The fourth-order valence-corrected chi connectivity index (χ4v) is 5.01. The maximum atomic E-state index is 13.1. The van der Waals surface area contributed by atoms with Crippen LogP contribution in [0.5, 0.6) is 0 Å². The first-order valence-electron chi connectivity index (χ1n) is 10.5. The molecule has 0 radical (unpaired) electrons. The van der Waals surface area contributed by atoms with Crippen molar-refractivity contribution in [2.75, 3.05) is 19.8 Å². The summed E-state index contributed by atoms with van der Waals surface area (Å²) in [6, 6.07) is 7.41. The van der Waals surface area contributed by atoms with Crippen LogP contribution in [0.25, 0.3) is 10.9 Å². The summed E-state index contributed by atoms with van der Waals surface area (Å²) < 4.78 is 7.66. The van der Waals surface area contributed by atoms with Gasteiger partial charge in [0.1, 0.15) is 5.69 Å². The molecule has 3 heterocycles. The largest absolute Gasteiger partial charge is 0.379 e. The monoisotopic (exact) mass is 407 g/mol. The lowest BCUT2D eigenvalue weighted by molar-refractivity contribution is -0.117. The van der Waals surface area contributed by atoms with Gasteiger partial charge in [-0.05, 0) is 37.5 Å². The van der Waals surface area contributed by atoms with Crippen molar-refractivity contribution >= 4 is 28.5 Å². The van der Waals surface area contributed by atoms with Crippen molar-refractivity contribution in [2.24, 2.45) is 5.92 Å². The molecule has 1 saturated heterocycles. The van der Waals surface area contributed by atoms with Gasteiger partial charge in [0, 0.05) is 35.3 Å². The summed E-state index contributed by atoms with van der Waals surface area (Å²) >= 11 is 0. The average molecular weight is 407 g/mol. The zero-order valence-corrected chi connectivity index (χ0v) is 16.8. The molecule has 156 valence electrons. The average Bonchev–Trinajstić information content (AvgIpc) is 3.31. The van der Waals surface area contributed by atoms with Gasteiger partial charge in [0.05, 0.1) is 24.8 Å². The van der Waals surface area contributed by atoms with Gasteiger partial charge in [-0.25, -0.2) is 0 Å². The Morgan fingerprint density at radius 3 is 2.87 bits per heavy atom. The van der Waals surface area contributed by atoms with E-state index in [1.165, 1.54) is 6.08 Å². The highest BCUT2D eigenvalue weighted by Crippen LogP contribution is 2.44. The van der Waals surface area contributed by atoms with E-state index in [4.69, 9.17) is 4.74 Å². The number of nitrogens with one attached hydrogen (secondary N) is 2. The molecule has 1 aromatic carbocycles. The molecule has 2 N–H and O–H groups in total. The van der Waals surface area contributed by atoms with Crippen molar-refractivity contribution in [1.82, 2.24) is 15.2 Å². The Balaban J connectivity index is 1.43. The maximum absolute atomic E-state index is 13.1. The number of rotatable bonds is 5. The lowest BCUT2D eigenvalue weighted by atomic mass is 9.75. The fourth-order valence-electron chi connectivity index (χ4n) is 5.01. The summed E-state index contributed by atoms with van der Waals surface area (Å²) in [5.41, 5.74) is 2.19. The molecule has 1 aliphatic carbocycles. The van der Waals surface area contributed by atoms with Crippen molar-refractivity contribution < 1.29 is 19.1 Å². The summed E-state index contributed by atoms with van der Waals surface area (Å²) in [4.78, 5) is 37.1. The number of hydrogen-bond donors (Lipinski definition) is 2. The number of fused-ring (bicyclic) bond motifs is 4. The zero-order valence-electron chi connectivity index (χ0n) is 16.8. The first-order chi connectivity index (χ1) is 14.5. The van der Waals surface area contributed by atoms with Gasteiger partial charge < -0.3 is 19.9 Å². The first kappa shape index (κ1) is 19.1. The van der Waals surface area contributed by atoms with E-state index in [0.717, 1.165) is 30.2 Å². The minimum Gasteiger partial charge on any atom is -0.379 e. The molecule has 3 aliphatic rings. The summed E-state index contributed by atoms with van der Waals surface area (Å²) in [6.45, 7) is 4.96. The minimum atomic E-state index is -0.256. The summed E-state index contributed by atoms with van der Waals surface area (Å²) in [6.07, 6.45) is 4.74. The minimum absolute atomic E-state index is 0.0173. The molecular formula is C23H25N3O4. The molecule has 2 aliphatic heterocycles. The van der Waals surface area contributed by atoms with Gasteiger partial charge in [0.2, 0.25) is 5.91 Å². The van der Waals surface area contributed by atoms with Crippen molar-refractivity contribution in [3.63, 3.8) is 0 Å². The van der Waals surface area contributed by atoms with Crippen LogP contribution in [0.1, 0.15) is 46.5 Å². The van der Waals surface area contributed by atoms with Crippen molar-refractivity contribution in [1.29, 1.82) is 0 Å². The molecule has 2 fully saturated rings. The molecule has 1 aromatic heterocycles. The molecular weight excluding hydrogens is 382 g/mol. The molecule has 7 nitrogen and oxygen atoms in total. The third-order valence-corrected chi connectivity index (χ3v) is 6.85. The first-order valence-corrected chi connectivity index (χ1v) is 10.5. The number of ether oxygens (including phenoxy) is 1. The molecule has 1 saturated carbocycles. The number of ketones is 1. The van der Waals surface area contributed by atoms with E-state index in [-0.39, 0.29) is 35.1 Å². The van der Waals surface area contributed by atoms with Crippen molar-refractivity contribution in [2.45, 2.75) is 37.3 Å². The van der Waals surface area contributed by atoms with Crippen LogP contribution in [0.15, 0.2) is 36.9 Å². The van der Waals surface area contributed by atoms with Gasteiger partial charge in [0.15, 0.2) is 5.78 Å². The summed E-state index contributed by atoms with van der Waals surface area (Å²) in [5, 5.41) is 6.85. The fraction of sp³-hybridized carbons (Fsp3) is 0.435. The SMILES string of the molecule is C=CC(=O)NC1COCC1CC(=O)c1ccc2cc3n(c2c1)C1(CCC1)CNC3=O. The van der Waals surface area contributed by atoms with Crippen LogP contribution < -0.4 is 10.6 Å². The molecule has 5 rings (SSSR count). The van der Waals surface area contributed by atoms with Crippen molar-refractivity contribution in [3.05, 3.63) is 48.2 Å². The number of Topliss-reactive ketones (excluding diaryl/α,β-unsaturated/α-hetero) is 1. The number of aromatic nitrogens is 1. The third kappa shape index (κ3) is 2.96. The van der Waals surface area contributed by atoms with Crippen LogP contribution in [-0.4, -0.2) is 48.0 Å². The second-order valence-electron chi connectivity index (χ2n) is 8.64. The molecule has 1 spiro atoms.